The molecule has 3 aromatic heterocycles. The second-order valence-electron chi connectivity index (χ2n) is 5.49. The number of carbonyl (C=O) groups excluding carboxylic acids is 2. The normalized spacial score (nSPS) is 10.7. The van der Waals surface area contributed by atoms with Gasteiger partial charge in [-0.3, -0.25) is 14.9 Å². The predicted molar refractivity (Wildman–Crippen MR) is 99.1 cm³/mol. The zero-order valence-electron chi connectivity index (χ0n) is 14.0. The predicted octanol–water partition coefficient (Wildman–Crippen LogP) is 3.97. The molecular weight excluding hydrogens is 358 g/mol. The first-order valence-corrected chi connectivity index (χ1v) is 9.29. The quantitative estimate of drug-likeness (QED) is 0.707. The van der Waals surface area contributed by atoms with Crippen LogP contribution in [0, 0.1) is 13.8 Å². The van der Waals surface area contributed by atoms with Gasteiger partial charge < -0.3 is 9.73 Å². The maximum atomic E-state index is 12.3. The van der Waals surface area contributed by atoms with Crippen molar-refractivity contribution in [2.75, 3.05) is 5.32 Å². The number of anilines is 1. The lowest BCUT2D eigenvalue weighted by molar-refractivity contribution is -0.119. The van der Waals surface area contributed by atoms with Crippen molar-refractivity contribution >= 4 is 39.6 Å². The minimum atomic E-state index is -0.159. The van der Waals surface area contributed by atoms with Crippen LogP contribution in [0.2, 0.25) is 0 Å². The van der Waals surface area contributed by atoms with E-state index in [0.717, 1.165) is 9.75 Å². The Morgan fingerprint density at radius 1 is 1.28 bits per heavy atom. The summed E-state index contributed by atoms with van der Waals surface area (Å²) in [6.45, 7) is 5.69. The molecule has 0 saturated heterocycles. The fraction of sp³-hybridized carbons (Fsp3) is 0.235. The molecule has 0 atom stereocenters. The second kappa shape index (κ2) is 7.20. The lowest BCUT2D eigenvalue weighted by Gasteiger charge is -2.00. The van der Waals surface area contributed by atoms with Gasteiger partial charge in [0, 0.05) is 22.1 Å². The van der Waals surface area contributed by atoms with Gasteiger partial charge in [0.2, 0.25) is 5.91 Å². The highest BCUT2D eigenvalue weighted by Gasteiger charge is 2.15. The van der Waals surface area contributed by atoms with Gasteiger partial charge in [-0.05, 0) is 32.0 Å². The van der Waals surface area contributed by atoms with E-state index in [0.29, 0.717) is 34.5 Å². The molecular formula is C17H17N3O3S2. The molecule has 0 aliphatic carbocycles. The van der Waals surface area contributed by atoms with Gasteiger partial charge in [-0.25, -0.2) is 4.98 Å². The summed E-state index contributed by atoms with van der Waals surface area (Å²) in [7, 11) is 0. The number of thiophene rings is 1. The van der Waals surface area contributed by atoms with Crippen LogP contribution in [0.25, 0.3) is 11.5 Å². The van der Waals surface area contributed by atoms with E-state index in [1.807, 2.05) is 25.3 Å². The Labute approximate surface area is 152 Å². The molecule has 0 fully saturated rings. The molecule has 0 saturated carbocycles. The lowest BCUT2D eigenvalue weighted by Crippen LogP contribution is -2.18. The molecule has 2 amide bonds. The fourth-order valence-electron chi connectivity index (χ4n) is 2.29. The molecule has 130 valence electrons. The van der Waals surface area contributed by atoms with Gasteiger partial charge in [0.15, 0.2) is 10.9 Å². The number of amides is 2. The van der Waals surface area contributed by atoms with E-state index in [4.69, 9.17) is 4.42 Å². The van der Waals surface area contributed by atoms with Crippen LogP contribution in [0.3, 0.4) is 0 Å². The van der Waals surface area contributed by atoms with Crippen LogP contribution in [-0.2, 0) is 11.3 Å². The molecule has 0 aliphatic heterocycles. The molecule has 0 aliphatic rings. The van der Waals surface area contributed by atoms with Crippen molar-refractivity contribution in [2.24, 2.45) is 0 Å². The number of furan rings is 1. The Hall–Kier alpha value is -2.45. The number of nitrogens with one attached hydrogen (secondary N) is 2. The van der Waals surface area contributed by atoms with Crippen molar-refractivity contribution in [2.45, 2.75) is 27.3 Å². The van der Waals surface area contributed by atoms with Crippen molar-refractivity contribution in [3.8, 4) is 11.5 Å². The van der Waals surface area contributed by atoms with Crippen LogP contribution in [0.15, 0.2) is 28.0 Å². The van der Waals surface area contributed by atoms with E-state index < -0.39 is 0 Å². The Balaban J connectivity index is 1.69. The van der Waals surface area contributed by atoms with E-state index >= 15 is 0 Å². The molecule has 25 heavy (non-hydrogen) atoms. The molecule has 0 spiro atoms. The Morgan fingerprint density at radius 2 is 2.08 bits per heavy atom. The Morgan fingerprint density at radius 3 is 2.76 bits per heavy atom. The van der Waals surface area contributed by atoms with E-state index in [1.165, 1.54) is 18.3 Å². The summed E-state index contributed by atoms with van der Waals surface area (Å²) in [5, 5.41) is 7.84. The zero-order valence-corrected chi connectivity index (χ0v) is 15.6. The first-order valence-electron chi connectivity index (χ1n) is 7.60. The summed E-state index contributed by atoms with van der Waals surface area (Å²) in [6.07, 6.45) is 0. The molecule has 3 aromatic rings. The first kappa shape index (κ1) is 17.4. The summed E-state index contributed by atoms with van der Waals surface area (Å²) >= 11 is 2.93. The molecule has 0 radical (unpaired) electrons. The van der Waals surface area contributed by atoms with Crippen LogP contribution in [0.5, 0.6) is 0 Å². The largest absolute Gasteiger partial charge is 0.458 e. The Bertz CT molecular complexity index is 923. The van der Waals surface area contributed by atoms with Gasteiger partial charge in [-0.1, -0.05) is 0 Å². The van der Waals surface area contributed by atoms with Gasteiger partial charge >= 0.3 is 0 Å². The van der Waals surface area contributed by atoms with Crippen molar-refractivity contribution < 1.29 is 14.0 Å². The summed E-state index contributed by atoms with van der Waals surface area (Å²) < 4.78 is 5.66. The summed E-state index contributed by atoms with van der Waals surface area (Å²) in [6, 6.07) is 5.47. The zero-order chi connectivity index (χ0) is 18.0. The average molecular weight is 375 g/mol. The lowest BCUT2D eigenvalue weighted by atomic mass is 10.2. The molecule has 0 unspecified atom stereocenters. The van der Waals surface area contributed by atoms with Gasteiger partial charge in [0.1, 0.15) is 11.5 Å². The van der Waals surface area contributed by atoms with E-state index in [2.05, 4.69) is 15.6 Å². The van der Waals surface area contributed by atoms with Gasteiger partial charge in [-0.2, -0.15) is 0 Å². The van der Waals surface area contributed by atoms with Crippen LogP contribution in [-0.4, -0.2) is 16.8 Å². The van der Waals surface area contributed by atoms with Crippen molar-refractivity contribution in [1.82, 2.24) is 10.3 Å². The van der Waals surface area contributed by atoms with Gasteiger partial charge in [-0.15, -0.1) is 22.7 Å². The number of hydrogen-bond donors (Lipinski definition) is 2. The molecule has 6 nitrogen and oxygen atoms in total. The minimum absolute atomic E-state index is 0.115. The number of nitrogens with zero attached hydrogens (tertiary/aromatic N) is 1. The SMILES string of the molecule is CC(=O)NCc1ccc(-c2csc(NC(=O)c3cc(C)sc3C)n2)o1. The smallest absolute Gasteiger partial charge is 0.258 e. The highest BCUT2D eigenvalue weighted by molar-refractivity contribution is 7.14. The van der Waals surface area contributed by atoms with Crippen LogP contribution in [0.1, 0.15) is 32.8 Å². The molecule has 0 aromatic carbocycles. The van der Waals surface area contributed by atoms with E-state index in [1.54, 1.807) is 23.5 Å². The summed E-state index contributed by atoms with van der Waals surface area (Å²) in [5.41, 5.74) is 1.32. The van der Waals surface area contributed by atoms with Crippen molar-refractivity contribution in [3.05, 3.63) is 44.7 Å². The summed E-state index contributed by atoms with van der Waals surface area (Å²) in [5.74, 6) is 0.969. The topological polar surface area (TPSA) is 84.2 Å². The third-order valence-electron chi connectivity index (χ3n) is 3.44. The average Bonchev–Trinajstić information content (AvgIpc) is 3.25. The van der Waals surface area contributed by atoms with Crippen molar-refractivity contribution in [3.63, 3.8) is 0 Å². The van der Waals surface area contributed by atoms with Crippen molar-refractivity contribution in [1.29, 1.82) is 0 Å². The number of rotatable bonds is 5. The monoisotopic (exact) mass is 375 g/mol. The van der Waals surface area contributed by atoms with Crippen LogP contribution >= 0.6 is 22.7 Å². The molecule has 0 bridgehead atoms. The minimum Gasteiger partial charge on any atom is -0.458 e. The maximum absolute atomic E-state index is 12.3. The van der Waals surface area contributed by atoms with Gasteiger partial charge in [0.05, 0.1) is 12.1 Å². The highest BCUT2D eigenvalue weighted by atomic mass is 32.1. The Kier molecular flexibility index (Phi) is 5.00. The number of hydrogen-bond acceptors (Lipinski definition) is 6. The van der Waals surface area contributed by atoms with Crippen LogP contribution in [0.4, 0.5) is 5.13 Å². The molecule has 2 N–H and O–H groups in total. The van der Waals surface area contributed by atoms with Crippen LogP contribution < -0.4 is 10.6 Å². The number of aryl methyl sites for hydroxylation is 2. The van der Waals surface area contributed by atoms with E-state index in [9.17, 15) is 9.59 Å². The molecule has 3 heterocycles. The second-order valence-corrected chi connectivity index (χ2v) is 7.81. The van der Waals surface area contributed by atoms with Gasteiger partial charge in [0.25, 0.3) is 5.91 Å². The highest BCUT2D eigenvalue weighted by Crippen LogP contribution is 2.28. The third-order valence-corrected chi connectivity index (χ3v) is 5.16. The molecule has 8 heteroatoms. The number of aromatic nitrogens is 1. The standard InChI is InChI=1S/C17H17N3O3S2/c1-9-6-13(10(2)25-9)16(22)20-17-19-14(8-24-17)15-5-4-12(23-15)7-18-11(3)21/h4-6,8H,7H2,1-3H3,(H,18,21)(H,19,20,22). The number of carbonyl (C=O) groups is 2. The number of thiazole rings is 1. The fourth-order valence-corrected chi connectivity index (χ4v) is 3.90. The van der Waals surface area contributed by atoms with E-state index in [-0.39, 0.29) is 11.8 Å². The first-order chi connectivity index (χ1) is 11.9. The molecule has 3 rings (SSSR count). The summed E-state index contributed by atoms with van der Waals surface area (Å²) in [4.78, 5) is 29.8. The third kappa shape index (κ3) is 4.15. The maximum Gasteiger partial charge on any atom is 0.258 e.